The molecule has 1 N–H and O–H groups in total. The van der Waals surface area contributed by atoms with Gasteiger partial charge in [0.15, 0.2) is 0 Å². The molecule has 5 nitrogen and oxygen atoms in total. The first-order chi connectivity index (χ1) is 9.93. The van der Waals surface area contributed by atoms with Crippen LogP contribution < -0.4 is 0 Å². The number of rotatable bonds is 3. The molecule has 4 atom stereocenters. The van der Waals surface area contributed by atoms with Gasteiger partial charge >= 0.3 is 0 Å². The van der Waals surface area contributed by atoms with Crippen LogP contribution in [0, 0.1) is 11.8 Å². The van der Waals surface area contributed by atoms with Crippen LogP contribution in [0.15, 0.2) is 0 Å². The van der Waals surface area contributed by atoms with E-state index in [9.17, 15) is 13.5 Å². The van der Waals surface area contributed by atoms with Gasteiger partial charge in [0.2, 0.25) is 10.0 Å². The van der Waals surface area contributed by atoms with Crippen molar-refractivity contribution in [2.75, 3.05) is 6.61 Å². The van der Waals surface area contributed by atoms with Gasteiger partial charge in [-0.15, -0.1) is 0 Å². The van der Waals surface area contributed by atoms with E-state index in [0.29, 0.717) is 18.9 Å². The zero-order valence-corrected chi connectivity index (χ0v) is 13.8. The summed E-state index contributed by atoms with van der Waals surface area (Å²) in [4.78, 5) is 0. The summed E-state index contributed by atoms with van der Waals surface area (Å²) in [7, 11) is -3.35. The summed E-state index contributed by atoms with van der Waals surface area (Å²) in [5.74, 6) is 0.464. The maximum atomic E-state index is 13.0. The highest BCUT2D eigenvalue weighted by atomic mass is 32.2. The molecule has 122 valence electrons. The van der Waals surface area contributed by atoms with Gasteiger partial charge in [0.05, 0.1) is 24.0 Å². The van der Waals surface area contributed by atoms with Crippen LogP contribution in [0.3, 0.4) is 0 Å². The molecule has 21 heavy (non-hydrogen) atoms. The summed E-state index contributed by atoms with van der Waals surface area (Å²) in [5, 5.41) is 10.2. The van der Waals surface area contributed by atoms with Crippen LogP contribution in [0.2, 0.25) is 0 Å². The maximum absolute atomic E-state index is 13.0. The Bertz CT molecular complexity index is 472. The minimum Gasteiger partial charge on any atom is -0.389 e. The molecule has 0 aromatic rings. The van der Waals surface area contributed by atoms with Gasteiger partial charge in [-0.1, -0.05) is 33.1 Å². The fourth-order valence-corrected chi connectivity index (χ4v) is 6.52. The Kier molecular flexibility index (Phi) is 4.34. The third kappa shape index (κ3) is 2.64. The molecule has 1 aliphatic carbocycles. The minimum atomic E-state index is -3.35. The summed E-state index contributed by atoms with van der Waals surface area (Å²) in [6, 6.07) is -0.0854. The van der Waals surface area contributed by atoms with Gasteiger partial charge in [0, 0.05) is 0 Å². The molecule has 0 spiro atoms. The van der Waals surface area contributed by atoms with Crippen molar-refractivity contribution < 1.29 is 18.3 Å². The van der Waals surface area contributed by atoms with Crippen LogP contribution in [-0.4, -0.2) is 48.1 Å². The molecule has 6 heteroatoms. The molecular weight excluding hydrogens is 290 g/mol. The lowest BCUT2D eigenvalue weighted by molar-refractivity contribution is -0.0880. The Hall–Kier alpha value is -0.170. The van der Waals surface area contributed by atoms with E-state index in [0.717, 1.165) is 32.1 Å². The average molecular weight is 317 g/mol. The second-order valence-corrected chi connectivity index (χ2v) is 9.27. The lowest BCUT2D eigenvalue weighted by Crippen LogP contribution is -2.57. The highest BCUT2D eigenvalue weighted by molar-refractivity contribution is 7.89. The monoisotopic (exact) mass is 317 g/mol. The molecule has 0 aromatic heterocycles. The Balaban J connectivity index is 1.83. The molecule has 0 aromatic carbocycles. The van der Waals surface area contributed by atoms with Crippen molar-refractivity contribution in [1.29, 1.82) is 0 Å². The summed E-state index contributed by atoms with van der Waals surface area (Å²) >= 11 is 0. The largest absolute Gasteiger partial charge is 0.389 e. The Morgan fingerprint density at radius 2 is 1.86 bits per heavy atom. The van der Waals surface area contributed by atoms with Crippen molar-refractivity contribution >= 4 is 10.0 Å². The number of ether oxygens (including phenoxy) is 1. The molecule has 3 aliphatic rings. The topological polar surface area (TPSA) is 66.8 Å². The number of sulfonamides is 1. The van der Waals surface area contributed by atoms with Crippen molar-refractivity contribution in [3.63, 3.8) is 0 Å². The zero-order valence-electron chi connectivity index (χ0n) is 12.9. The molecular formula is C15H27NO4S. The zero-order chi connectivity index (χ0) is 15.2. The fourth-order valence-electron chi connectivity index (χ4n) is 4.20. The molecule has 0 radical (unpaired) electrons. The van der Waals surface area contributed by atoms with Gasteiger partial charge in [-0.05, 0) is 31.1 Å². The van der Waals surface area contributed by atoms with E-state index in [2.05, 4.69) is 13.8 Å². The molecule has 2 aliphatic heterocycles. The normalized spacial score (nSPS) is 39.0. The molecule has 0 unspecified atom stereocenters. The van der Waals surface area contributed by atoms with E-state index in [4.69, 9.17) is 4.74 Å². The van der Waals surface area contributed by atoms with Crippen LogP contribution in [0.4, 0.5) is 0 Å². The molecule has 0 amide bonds. The number of hydrogen-bond donors (Lipinski definition) is 1. The van der Waals surface area contributed by atoms with Gasteiger partial charge in [-0.3, -0.25) is 0 Å². The van der Waals surface area contributed by atoms with E-state index in [-0.39, 0.29) is 17.2 Å². The number of nitrogens with zero attached hydrogens (tertiary/aromatic N) is 1. The van der Waals surface area contributed by atoms with Gasteiger partial charge in [-0.2, -0.15) is 4.31 Å². The Morgan fingerprint density at radius 1 is 1.19 bits per heavy atom. The predicted octanol–water partition coefficient (Wildman–Crippen LogP) is 1.71. The van der Waals surface area contributed by atoms with Crippen LogP contribution in [0.5, 0.6) is 0 Å². The van der Waals surface area contributed by atoms with Crippen molar-refractivity contribution in [1.82, 2.24) is 4.31 Å². The van der Waals surface area contributed by atoms with Crippen LogP contribution in [-0.2, 0) is 14.8 Å². The number of fused-ring (bicyclic) bond motifs is 2. The molecule has 1 saturated carbocycles. The van der Waals surface area contributed by atoms with E-state index >= 15 is 0 Å². The van der Waals surface area contributed by atoms with Crippen LogP contribution in [0.1, 0.15) is 52.4 Å². The summed E-state index contributed by atoms with van der Waals surface area (Å²) < 4.78 is 33.1. The van der Waals surface area contributed by atoms with Crippen molar-refractivity contribution in [3.8, 4) is 0 Å². The number of aliphatic hydroxyl groups excluding tert-OH is 1. The third-order valence-electron chi connectivity index (χ3n) is 5.47. The standard InChI is InChI=1S/C15H27NO4S/c1-10(2)13-8-11-9-20-15(14(13)17)16(11)21(18,19)12-6-4-3-5-7-12/h10-15,17H,3-9H2,1-2H3/t11-,13-,14-,15-/m0/s1. The molecule has 3 fully saturated rings. The Labute approximate surface area is 127 Å². The predicted molar refractivity (Wildman–Crippen MR) is 80.1 cm³/mol. The highest BCUT2D eigenvalue weighted by Gasteiger charge is 2.54. The lowest BCUT2D eigenvalue weighted by atomic mass is 9.82. The van der Waals surface area contributed by atoms with E-state index < -0.39 is 22.4 Å². The number of aliphatic hydroxyl groups is 1. The van der Waals surface area contributed by atoms with E-state index in [1.54, 1.807) is 0 Å². The van der Waals surface area contributed by atoms with Crippen molar-refractivity contribution in [2.24, 2.45) is 11.8 Å². The van der Waals surface area contributed by atoms with Gasteiger partial charge < -0.3 is 9.84 Å². The smallest absolute Gasteiger partial charge is 0.219 e. The number of piperidine rings is 1. The van der Waals surface area contributed by atoms with Crippen LogP contribution in [0.25, 0.3) is 0 Å². The minimum absolute atomic E-state index is 0.0854. The quantitative estimate of drug-likeness (QED) is 0.860. The average Bonchev–Trinajstić information content (AvgIpc) is 2.82. The van der Waals surface area contributed by atoms with Crippen molar-refractivity contribution in [2.45, 2.75) is 76.0 Å². The second-order valence-electron chi connectivity index (χ2n) is 7.15. The van der Waals surface area contributed by atoms with Gasteiger partial charge in [-0.25, -0.2) is 8.42 Å². The molecule has 3 rings (SSSR count). The highest BCUT2D eigenvalue weighted by Crippen LogP contribution is 2.41. The van der Waals surface area contributed by atoms with Crippen molar-refractivity contribution in [3.05, 3.63) is 0 Å². The summed E-state index contributed by atoms with van der Waals surface area (Å²) in [5.41, 5.74) is 0. The second kappa shape index (κ2) is 5.80. The van der Waals surface area contributed by atoms with Gasteiger partial charge in [0.1, 0.15) is 6.23 Å². The lowest BCUT2D eigenvalue weighted by Gasteiger charge is -2.42. The summed E-state index contributed by atoms with van der Waals surface area (Å²) in [6.45, 7) is 4.59. The molecule has 2 saturated heterocycles. The third-order valence-corrected chi connectivity index (χ3v) is 7.88. The Morgan fingerprint density at radius 3 is 2.48 bits per heavy atom. The SMILES string of the molecule is CC(C)[C@@H]1C[C@H]2CO[C@@H]([C@H]1O)N2S(=O)(=O)C1CCCCC1. The fraction of sp³-hybridized carbons (Fsp3) is 1.00. The van der Waals surface area contributed by atoms with Crippen LogP contribution >= 0.6 is 0 Å². The van der Waals surface area contributed by atoms with E-state index in [1.807, 2.05) is 0 Å². The number of hydrogen-bond acceptors (Lipinski definition) is 4. The first-order valence-electron chi connectivity index (χ1n) is 8.25. The van der Waals surface area contributed by atoms with E-state index in [1.165, 1.54) is 4.31 Å². The maximum Gasteiger partial charge on any atom is 0.219 e. The molecule has 2 heterocycles. The first kappa shape index (κ1) is 15.7. The van der Waals surface area contributed by atoms with Gasteiger partial charge in [0.25, 0.3) is 0 Å². The first-order valence-corrected chi connectivity index (χ1v) is 9.75. The summed E-state index contributed by atoms with van der Waals surface area (Å²) in [6.07, 6.45) is 3.96. The molecule has 2 bridgehead atoms.